The highest BCUT2D eigenvalue weighted by atomic mass is 16.6. The van der Waals surface area contributed by atoms with Gasteiger partial charge in [0.15, 0.2) is 6.10 Å². The molecule has 2 heterocycles. The summed E-state index contributed by atoms with van der Waals surface area (Å²) in [6, 6.07) is 14.0. The van der Waals surface area contributed by atoms with E-state index in [9.17, 15) is 14.9 Å². The lowest BCUT2D eigenvalue weighted by Gasteiger charge is -2.13. The van der Waals surface area contributed by atoms with Gasteiger partial charge in [0.2, 0.25) is 5.75 Å². The fourth-order valence-electron chi connectivity index (χ4n) is 3.41. The maximum Gasteiger partial charge on any atom is 0.406 e. The van der Waals surface area contributed by atoms with Gasteiger partial charge in [0.1, 0.15) is 23.3 Å². The minimum Gasteiger partial charge on any atom is -0.497 e. The molecule has 4 aromatic rings. The molecule has 0 aliphatic rings. The van der Waals surface area contributed by atoms with Crippen molar-refractivity contribution in [1.82, 2.24) is 20.3 Å². The third-order valence-electron chi connectivity index (χ3n) is 5.12. The summed E-state index contributed by atoms with van der Waals surface area (Å²) in [6.07, 6.45) is 0.746. The van der Waals surface area contributed by atoms with Crippen molar-refractivity contribution in [3.05, 3.63) is 76.2 Å². The van der Waals surface area contributed by atoms with Crippen molar-refractivity contribution in [3.8, 4) is 22.6 Å². The summed E-state index contributed by atoms with van der Waals surface area (Å²) in [7, 11) is 3.12. The number of imidazole rings is 1. The van der Waals surface area contributed by atoms with Gasteiger partial charge in [0.05, 0.1) is 18.2 Å². The molecule has 0 bridgehead atoms. The second-order valence-corrected chi connectivity index (χ2v) is 7.19. The second-order valence-electron chi connectivity index (χ2n) is 7.19. The zero-order chi connectivity index (χ0) is 23.5. The van der Waals surface area contributed by atoms with E-state index in [4.69, 9.17) is 9.47 Å². The average Bonchev–Trinajstić information content (AvgIpc) is 3.28. The first kappa shape index (κ1) is 21.8. The van der Waals surface area contributed by atoms with Crippen molar-refractivity contribution in [2.75, 3.05) is 14.2 Å². The van der Waals surface area contributed by atoms with Crippen LogP contribution in [-0.4, -0.2) is 39.9 Å². The van der Waals surface area contributed by atoms with E-state index in [2.05, 4.69) is 20.3 Å². The fourth-order valence-corrected chi connectivity index (χ4v) is 3.41. The van der Waals surface area contributed by atoms with Gasteiger partial charge in [-0.25, -0.2) is 4.98 Å². The Balaban J connectivity index is 1.68. The van der Waals surface area contributed by atoms with Gasteiger partial charge in [-0.15, -0.1) is 0 Å². The molecule has 10 heteroatoms. The Bertz CT molecular complexity index is 1330. The SMILES string of the molecule is CNC(=O)c1cccc2[nH]c(C(C)Oc3cc(-c4ccc(OC)cc4)cnc3[N+](=O)[O-])nc12. The molecular weight excluding hydrogens is 426 g/mol. The number of benzene rings is 2. The number of H-pyrrole nitrogens is 1. The van der Waals surface area contributed by atoms with Crippen LogP contribution in [0.2, 0.25) is 0 Å². The number of amides is 1. The number of hydrogen-bond donors (Lipinski definition) is 2. The Morgan fingerprint density at radius 1 is 1.18 bits per heavy atom. The lowest BCUT2D eigenvalue weighted by molar-refractivity contribution is -0.390. The number of carbonyl (C=O) groups is 1. The fraction of sp³-hybridized carbons (Fsp3) is 0.174. The third kappa shape index (κ3) is 4.31. The van der Waals surface area contributed by atoms with Crippen LogP contribution < -0.4 is 14.8 Å². The lowest BCUT2D eigenvalue weighted by atomic mass is 10.1. The monoisotopic (exact) mass is 447 g/mol. The number of nitro groups is 1. The Morgan fingerprint density at radius 2 is 1.94 bits per heavy atom. The van der Waals surface area contributed by atoms with Crippen LogP contribution in [0, 0.1) is 10.1 Å². The number of ether oxygens (including phenoxy) is 2. The van der Waals surface area contributed by atoms with E-state index in [1.54, 1.807) is 57.5 Å². The molecule has 2 aromatic carbocycles. The maximum atomic E-state index is 12.1. The minimum atomic E-state index is -0.679. The summed E-state index contributed by atoms with van der Waals surface area (Å²) < 4.78 is 11.1. The molecule has 0 fully saturated rings. The quantitative estimate of drug-likeness (QED) is 0.323. The highest BCUT2D eigenvalue weighted by Crippen LogP contribution is 2.34. The number of aromatic nitrogens is 3. The van der Waals surface area contributed by atoms with Gasteiger partial charge in [-0.1, -0.05) is 18.2 Å². The van der Waals surface area contributed by atoms with Crippen molar-refractivity contribution in [2.45, 2.75) is 13.0 Å². The zero-order valence-corrected chi connectivity index (χ0v) is 18.2. The smallest absolute Gasteiger partial charge is 0.406 e. The number of pyridine rings is 1. The van der Waals surface area contributed by atoms with Crippen LogP contribution in [0.15, 0.2) is 54.7 Å². The van der Waals surface area contributed by atoms with Crippen LogP contribution in [0.1, 0.15) is 29.2 Å². The molecule has 0 saturated heterocycles. The van der Waals surface area contributed by atoms with Crippen molar-refractivity contribution in [3.63, 3.8) is 0 Å². The summed E-state index contributed by atoms with van der Waals surface area (Å²) in [6.45, 7) is 1.71. The highest BCUT2D eigenvalue weighted by Gasteiger charge is 2.23. The molecule has 0 radical (unpaired) electrons. The zero-order valence-electron chi connectivity index (χ0n) is 18.2. The van der Waals surface area contributed by atoms with E-state index in [1.807, 2.05) is 12.1 Å². The Hall–Kier alpha value is -4.47. The van der Waals surface area contributed by atoms with E-state index in [0.29, 0.717) is 33.7 Å². The summed E-state index contributed by atoms with van der Waals surface area (Å²) in [5, 5.41) is 14.1. The Kier molecular flexibility index (Phi) is 5.90. The van der Waals surface area contributed by atoms with Crippen molar-refractivity contribution >= 4 is 22.8 Å². The van der Waals surface area contributed by atoms with Crippen LogP contribution in [-0.2, 0) is 0 Å². The van der Waals surface area contributed by atoms with Gasteiger partial charge in [0, 0.05) is 18.7 Å². The standard InChI is InChI=1S/C23H21N5O5/c1-13(21-26-18-6-4-5-17(20(18)27-21)23(29)24-2)33-19-11-15(12-25-22(19)28(30)31)14-7-9-16(32-3)10-8-14/h4-13H,1-3H3,(H,24,29)(H,26,27). The molecule has 2 N–H and O–H groups in total. The largest absolute Gasteiger partial charge is 0.497 e. The van der Waals surface area contributed by atoms with Gasteiger partial charge in [-0.2, -0.15) is 0 Å². The maximum absolute atomic E-state index is 12.1. The highest BCUT2D eigenvalue weighted by molar-refractivity contribution is 6.04. The number of aromatic amines is 1. The number of para-hydroxylation sites is 1. The first-order valence-corrected chi connectivity index (χ1v) is 10.1. The molecule has 10 nitrogen and oxygen atoms in total. The molecule has 0 saturated carbocycles. The van der Waals surface area contributed by atoms with E-state index in [-0.39, 0.29) is 11.7 Å². The number of nitrogens with one attached hydrogen (secondary N) is 2. The first-order valence-electron chi connectivity index (χ1n) is 10.1. The number of nitrogens with zero attached hydrogens (tertiary/aromatic N) is 3. The molecule has 1 atom stereocenters. The number of hydrogen-bond acceptors (Lipinski definition) is 7. The average molecular weight is 447 g/mol. The molecule has 0 spiro atoms. The predicted octanol–water partition coefficient (Wildman–Crippen LogP) is 4.04. The van der Waals surface area contributed by atoms with Gasteiger partial charge < -0.3 is 29.9 Å². The van der Waals surface area contributed by atoms with Gasteiger partial charge in [-0.3, -0.25) is 4.79 Å². The molecule has 33 heavy (non-hydrogen) atoms. The first-order chi connectivity index (χ1) is 15.9. The van der Waals surface area contributed by atoms with E-state index < -0.39 is 16.8 Å². The number of methoxy groups -OCH3 is 1. The van der Waals surface area contributed by atoms with Gasteiger partial charge in [0.25, 0.3) is 5.91 Å². The molecule has 0 aliphatic carbocycles. The topological polar surface area (TPSA) is 132 Å². The lowest BCUT2D eigenvalue weighted by Crippen LogP contribution is -2.18. The molecule has 4 rings (SSSR count). The molecule has 1 unspecified atom stereocenters. The molecule has 2 aromatic heterocycles. The van der Waals surface area contributed by atoms with Gasteiger partial charge >= 0.3 is 5.82 Å². The van der Waals surface area contributed by atoms with Crippen LogP contribution >= 0.6 is 0 Å². The third-order valence-corrected chi connectivity index (χ3v) is 5.12. The number of carbonyl (C=O) groups excluding carboxylic acids is 1. The molecule has 168 valence electrons. The summed E-state index contributed by atoms with van der Waals surface area (Å²) in [4.78, 5) is 34.7. The normalized spacial score (nSPS) is 11.7. The predicted molar refractivity (Wildman–Crippen MR) is 121 cm³/mol. The van der Waals surface area contributed by atoms with Crippen molar-refractivity contribution < 1.29 is 19.2 Å². The van der Waals surface area contributed by atoms with Gasteiger partial charge in [-0.05, 0) is 46.7 Å². The summed E-state index contributed by atoms with van der Waals surface area (Å²) in [5.74, 6) is 0.457. The van der Waals surface area contributed by atoms with Crippen molar-refractivity contribution in [2.24, 2.45) is 0 Å². The Morgan fingerprint density at radius 3 is 2.61 bits per heavy atom. The van der Waals surface area contributed by atoms with Crippen LogP contribution in [0.4, 0.5) is 5.82 Å². The van der Waals surface area contributed by atoms with Crippen LogP contribution in [0.5, 0.6) is 11.5 Å². The summed E-state index contributed by atoms with van der Waals surface area (Å²) >= 11 is 0. The Labute approximate surface area is 188 Å². The summed E-state index contributed by atoms with van der Waals surface area (Å²) in [5.41, 5.74) is 3.01. The van der Waals surface area contributed by atoms with Crippen molar-refractivity contribution in [1.29, 1.82) is 0 Å². The van der Waals surface area contributed by atoms with E-state index in [0.717, 1.165) is 5.56 Å². The van der Waals surface area contributed by atoms with Crippen LogP contribution in [0.25, 0.3) is 22.2 Å². The molecule has 0 aliphatic heterocycles. The van der Waals surface area contributed by atoms with E-state index in [1.165, 1.54) is 6.20 Å². The molecular formula is C23H21N5O5. The minimum absolute atomic E-state index is 0.00722. The molecule has 1 amide bonds. The number of fused-ring (bicyclic) bond motifs is 1. The number of rotatable bonds is 7. The second kappa shape index (κ2) is 8.95. The van der Waals surface area contributed by atoms with E-state index >= 15 is 0 Å². The van der Waals surface area contributed by atoms with Crippen LogP contribution in [0.3, 0.4) is 0 Å².